The van der Waals surface area contributed by atoms with Crippen LogP contribution in [0.2, 0.25) is 0 Å². The van der Waals surface area contributed by atoms with E-state index in [9.17, 15) is 4.79 Å². The lowest BCUT2D eigenvalue weighted by Gasteiger charge is -2.37. The van der Waals surface area contributed by atoms with Crippen LogP contribution in [0.1, 0.15) is 25.3 Å². The minimum Gasteiger partial charge on any atom is -0.481 e. The number of nitrogens with zero attached hydrogens (tertiary/aromatic N) is 3. The Balaban J connectivity index is 2.10. The fourth-order valence-corrected chi connectivity index (χ4v) is 2.36. The molecule has 1 saturated heterocycles. The molecule has 1 aromatic rings. The first-order valence-corrected chi connectivity index (χ1v) is 5.97. The maximum absolute atomic E-state index is 11.0. The van der Waals surface area contributed by atoms with Crippen molar-refractivity contribution in [3.05, 3.63) is 23.9 Å². The third-order valence-corrected chi connectivity index (χ3v) is 3.40. The van der Waals surface area contributed by atoms with Crippen molar-refractivity contribution in [2.45, 2.75) is 25.8 Å². The monoisotopic (exact) mass is 245 g/mol. The van der Waals surface area contributed by atoms with E-state index in [-0.39, 0.29) is 12.0 Å². The smallest absolute Gasteiger partial charge is 0.306 e. The van der Waals surface area contributed by atoms with Gasteiger partial charge in [-0.25, -0.2) is 4.98 Å². The van der Waals surface area contributed by atoms with Crippen LogP contribution < -0.4 is 4.90 Å². The van der Waals surface area contributed by atoms with Gasteiger partial charge in [-0.1, -0.05) is 0 Å². The maximum Gasteiger partial charge on any atom is 0.306 e. The van der Waals surface area contributed by atoms with E-state index >= 15 is 0 Å². The van der Waals surface area contributed by atoms with Crippen LogP contribution in [0.25, 0.3) is 0 Å². The molecule has 0 spiro atoms. The van der Waals surface area contributed by atoms with Gasteiger partial charge in [0.15, 0.2) is 0 Å². The minimum absolute atomic E-state index is 0.153. The molecule has 2 rings (SSSR count). The zero-order valence-electron chi connectivity index (χ0n) is 10.2. The first-order chi connectivity index (χ1) is 8.61. The van der Waals surface area contributed by atoms with Crippen molar-refractivity contribution >= 4 is 11.8 Å². The molecule has 0 aliphatic carbocycles. The number of aliphatic carboxylic acids is 1. The molecular formula is C13H15N3O2. The summed E-state index contributed by atoms with van der Waals surface area (Å²) < 4.78 is 0. The van der Waals surface area contributed by atoms with Gasteiger partial charge in [0.2, 0.25) is 0 Å². The van der Waals surface area contributed by atoms with Gasteiger partial charge in [-0.15, -0.1) is 0 Å². The summed E-state index contributed by atoms with van der Waals surface area (Å²) in [6.45, 7) is 2.70. The molecule has 2 heterocycles. The summed E-state index contributed by atoms with van der Waals surface area (Å²) >= 11 is 0. The number of hydrogen-bond donors (Lipinski definition) is 1. The highest BCUT2D eigenvalue weighted by molar-refractivity contribution is 5.70. The number of hydrogen-bond acceptors (Lipinski definition) is 4. The fraction of sp³-hybridized carbons (Fsp3) is 0.462. The van der Waals surface area contributed by atoms with Crippen LogP contribution in [0.4, 0.5) is 5.82 Å². The van der Waals surface area contributed by atoms with Gasteiger partial charge in [0.1, 0.15) is 11.9 Å². The van der Waals surface area contributed by atoms with Crippen molar-refractivity contribution in [1.29, 1.82) is 5.26 Å². The number of aromatic nitrogens is 1. The van der Waals surface area contributed by atoms with Crippen molar-refractivity contribution in [1.82, 2.24) is 4.98 Å². The van der Waals surface area contributed by atoms with E-state index in [4.69, 9.17) is 10.4 Å². The van der Waals surface area contributed by atoms with Crippen LogP contribution in [-0.2, 0) is 4.79 Å². The highest BCUT2D eigenvalue weighted by Crippen LogP contribution is 2.26. The minimum atomic E-state index is -0.714. The second kappa shape index (κ2) is 5.05. The molecule has 0 saturated carbocycles. The second-order valence-electron chi connectivity index (χ2n) is 4.62. The first kappa shape index (κ1) is 12.4. The molecule has 1 N–H and O–H groups in total. The Hall–Kier alpha value is -2.09. The van der Waals surface area contributed by atoms with Gasteiger partial charge in [-0.3, -0.25) is 4.79 Å². The van der Waals surface area contributed by atoms with Crippen molar-refractivity contribution in [2.24, 2.45) is 5.92 Å². The zero-order valence-corrected chi connectivity index (χ0v) is 10.2. The summed E-state index contributed by atoms with van der Waals surface area (Å²) in [5.41, 5.74) is 0.534. The summed E-state index contributed by atoms with van der Waals surface area (Å²) in [4.78, 5) is 17.3. The van der Waals surface area contributed by atoms with Crippen LogP contribution in [0.15, 0.2) is 18.3 Å². The summed E-state index contributed by atoms with van der Waals surface area (Å²) in [6, 6.07) is 5.73. The molecule has 1 aromatic heterocycles. The van der Waals surface area contributed by atoms with E-state index in [1.54, 1.807) is 12.3 Å². The number of anilines is 1. The Labute approximate surface area is 106 Å². The Morgan fingerprint density at radius 1 is 1.61 bits per heavy atom. The molecule has 18 heavy (non-hydrogen) atoms. The topological polar surface area (TPSA) is 77.2 Å². The highest BCUT2D eigenvalue weighted by atomic mass is 16.4. The number of carboxylic acid groups (broad SMARTS) is 1. The molecular weight excluding hydrogens is 230 g/mol. The number of carbonyl (C=O) groups is 1. The van der Waals surface area contributed by atoms with E-state index < -0.39 is 5.97 Å². The molecule has 0 bridgehead atoms. The first-order valence-electron chi connectivity index (χ1n) is 5.97. The van der Waals surface area contributed by atoms with Crippen LogP contribution in [-0.4, -0.2) is 28.6 Å². The summed E-state index contributed by atoms with van der Waals surface area (Å²) in [6.07, 6.45) is 2.82. The van der Waals surface area contributed by atoms with Gasteiger partial charge >= 0.3 is 5.97 Å². The lowest BCUT2D eigenvalue weighted by atomic mass is 9.92. The van der Waals surface area contributed by atoms with Gasteiger partial charge in [-0.05, 0) is 31.9 Å². The number of carboxylic acids is 1. The van der Waals surface area contributed by atoms with Crippen molar-refractivity contribution in [3.8, 4) is 6.07 Å². The Bertz CT molecular complexity index is 478. The molecule has 2 unspecified atom stereocenters. The van der Waals surface area contributed by atoms with Crippen LogP contribution >= 0.6 is 0 Å². The van der Waals surface area contributed by atoms with Crippen molar-refractivity contribution in [2.75, 3.05) is 11.4 Å². The van der Waals surface area contributed by atoms with Gasteiger partial charge in [0.25, 0.3) is 0 Å². The van der Waals surface area contributed by atoms with Crippen LogP contribution in [0, 0.1) is 17.2 Å². The van der Waals surface area contributed by atoms with E-state index in [0.29, 0.717) is 24.9 Å². The Morgan fingerprint density at radius 2 is 2.39 bits per heavy atom. The third kappa shape index (κ3) is 2.43. The average molecular weight is 245 g/mol. The van der Waals surface area contributed by atoms with E-state index in [0.717, 1.165) is 5.82 Å². The molecule has 5 nitrogen and oxygen atoms in total. The molecule has 0 radical (unpaired) electrons. The summed E-state index contributed by atoms with van der Waals surface area (Å²) in [7, 11) is 0. The molecule has 0 aromatic carbocycles. The number of rotatable bonds is 2. The maximum atomic E-state index is 11.0. The average Bonchev–Trinajstić information content (AvgIpc) is 2.38. The lowest BCUT2D eigenvalue weighted by Crippen LogP contribution is -2.43. The molecule has 5 heteroatoms. The third-order valence-electron chi connectivity index (χ3n) is 3.40. The largest absolute Gasteiger partial charge is 0.481 e. The Kier molecular flexibility index (Phi) is 3.47. The van der Waals surface area contributed by atoms with E-state index in [1.807, 2.05) is 19.1 Å². The summed E-state index contributed by atoms with van der Waals surface area (Å²) in [5.74, 6) is -0.158. The summed E-state index contributed by atoms with van der Waals surface area (Å²) in [5, 5.41) is 17.7. The van der Waals surface area contributed by atoms with E-state index in [1.165, 1.54) is 0 Å². The van der Waals surface area contributed by atoms with Crippen LogP contribution in [0.5, 0.6) is 0 Å². The van der Waals surface area contributed by atoms with Crippen molar-refractivity contribution < 1.29 is 9.90 Å². The van der Waals surface area contributed by atoms with E-state index in [2.05, 4.69) is 9.88 Å². The fourth-order valence-electron chi connectivity index (χ4n) is 2.36. The molecule has 2 atom stereocenters. The molecule has 94 valence electrons. The normalized spacial score (nSPS) is 23.4. The molecule has 1 aliphatic heterocycles. The predicted octanol–water partition coefficient (Wildman–Crippen LogP) is 1.64. The van der Waals surface area contributed by atoms with Crippen molar-refractivity contribution in [3.63, 3.8) is 0 Å². The number of piperidine rings is 1. The van der Waals surface area contributed by atoms with Gasteiger partial charge in [0, 0.05) is 18.8 Å². The predicted molar refractivity (Wildman–Crippen MR) is 66.1 cm³/mol. The number of nitriles is 1. The zero-order chi connectivity index (χ0) is 13.1. The second-order valence-corrected chi connectivity index (χ2v) is 4.62. The standard InChI is InChI=1S/C13H15N3O2/c1-9-6-11(13(17)18)4-5-16(9)12-3-2-10(7-14)8-15-12/h2-3,8-9,11H,4-6H2,1H3,(H,17,18). The number of pyridine rings is 1. The molecule has 1 fully saturated rings. The molecule has 0 amide bonds. The van der Waals surface area contributed by atoms with Gasteiger partial charge in [0.05, 0.1) is 11.5 Å². The molecule has 1 aliphatic rings. The Morgan fingerprint density at radius 3 is 2.89 bits per heavy atom. The SMILES string of the molecule is CC1CC(C(=O)O)CCN1c1ccc(C#N)cn1. The van der Waals surface area contributed by atoms with Gasteiger partial charge < -0.3 is 10.0 Å². The van der Waals surface area contributed by atoms with Crippen LogP contribution in [0.3, 0.4) is 0 Å². The quantitative estimate of drug-likeness (QED) is 0.857. The highest BCUT2D eigenvalue weighted by Gasteiger charge is 2.30. The lowest BCUT2D eigenvalue weighted by molar-refractivity contribution is -0.142. The van der Waals surface area contributed by atoms with Gasteiger partial charge in [-0.2, -0.15) is 5.26 Å².